The van der Waals surface area contributed by atoms with Crippen molar-refractivity contribution in [3.63, 3.8) is 0 Å². The molecule has 0 bridgehead atoms. The van der Waals surface area contributed by atoms with Gasteiger partial charge >= 0.3 is 5.97 Å². The maximum atomic E-state index is 12.5. The molecule has 124 valence electrons. The molecule has 0 aromatic carbocycles. The number of Topliss-reactive ketones (excluding diaryl/α,β-unsaturated/α-hetero) is 1. The van der Waals surface area contributed by atoms with E-state index in [9.17, 15) is 9.59 Å². The fraction of sp³-hybridized carbons (Fsp3) is 0.556. The second-order valence-electron chi connectivity index (χ2n) is 5.59. The number of likely N-dealkylation sites (N-methyl/N-ethyl adjacent to an activating group) is 1. The van der Waals surface area contributed by atoms with Gasteiger partial charge in [-0.25, -0.2) is 0 Å². The molecule has 0 radical (unpaired) electrons. The highest BCUT2D eigenvalue weighted by atomic mass is 16.5. The van der Waals surface area contributed by atoms with Crippen LogP contribution in [0.1, 0.15) is 40.0 Å². The number of ketones is 1. The summed E-state index contributed by atoms with van der Waals surface area (Å²) in [6, 6.07) is -0.0790. The van der Waals surface area contributed by atoms with E-state index in [4.69, 9.17) is 4.74 Å². The van der Waals surface area contributed by atoms with Gasteiger partial charge in [-0.1, -0.05) is 39.7 Å². The standard InChI is InChI=1S/C18H29NO3/c1-9-13(4)14(5)19(7)15(6)16(20)12-18(10-2,11-3)17(21)22-8/h9,14H,1,4,6,10-12H2,2-3,5,7-8H3. The van der Waals surface area contributed by atoms with Crippen LogP contribution in [0.15, 0.2) is 37.1 Å². The van der Waals surface area contributed by atoms with Crippen LogP contribution in [0.3, 0.4) is 0 Å². The van der Waals surface area contributed by atoms with E-state index in [1.165, 1.54) is 7.11 Å². The maximum absolute atomic E-state index is 12.5. The summed E-state index contributed by atoms with van der Waals surface area (Å²) in [5, 5.41) is 0. The van der Waals surface area contributed by atoms with Gasteiger partial charge in [0.05, 0.1) is 24.3 Å². The number of carbonyl (C=O) groups is 2. The minimum absolute atomic E-state index is 0.0790. The van der Waals surface area contributed by atoms with Gasteiger partial charge in [0, 0.05) is 13.5 Å². The first-order valence-corrected chi connectivity index (χ1v) is 7.55. The molecule has 0 aliphatic carbocycles. The fourth-order valence-electron chi connectivity index (χ4n) is 2.34. The van der Waals surface area contributed by atoms with Crippen molar-refractivity contribution in [2.24, 2.45) is 5.41 Å². The summed E-state index contributed by atoms with van der Waals surface area (Å²) in [7, 11) is 3.14. The lowest BCUT2D eigenvalue weighted by molar-refractivity contribution is -0.155. The number of hydrogen-bond acceptors (Lipinski definition) is 4. The van der Waals surface area contributed by atoms with Gasteiger partial charge in [0.15, 0.2) is 5.78 Å². The third-order valence-electron chi connectivity index (χ3n) is 4.60. The Kier molecular flexibility index (Phi) is 7.85. The molecule has 1 atom stereocenters. The Morgan fingerprint density at radius 3 is 2.14 bits per heavy atom. The van der Waals surface area contributed by atoms with Crippen molar-refractivity contribution in [1.29, 1.82) is 0 Å². The van der Waals surface area contributed by atoms with Crippen molar-refractivity contribution in [2.75, 3.05) is 14.2 Å². The molecule has 0 heterocycles. The highest BCUT2D eigenvalue weighted by Gasteiger charge is 2.39. The maximum Gasteiger partial charge on any atom is 0.312 e. The van der Waals surface area contributed by atoms with E-state index in [1.807, 2.05) is 20.8 Å². The number of rotatable bonds is 10. The van der Waals surface area contributed by atoms with Crippen LogP contribution in [0.4, 0.5) is 0 Å². The second kappa shape index (κ2) is 8.57. The summed E-state index contributed by atoms with van der Waals surface area (Å²) in [6.45, 7) is 17.2. The van der Waals surface area contributed by atoms with E-state index in [2.05, 4.69) is 19.7 Å². The topological polar surface area (TPSA) is 46.6 Å². The van der Waals surface area contributed by atoms with Crippen LogP contribution in [-0.4, -0.2) is 36.9 Å². The van der Waals surface area contributed by atoms with Crippen LogP contribution in [-0.2, 0) is 14.3 Å². The molecule has 0 saturated carbocycles. The lowest BCUT2D eigenvalue weighted by Gasteiger charge is -2.32. The van der Waals surface area contributed by atoms with Gasteiger partial charge in [0.1, 0.15) is 0 Å². The molecule has 4 nitrogen and oxygen atoms in total. The SMILES string of the molecule is C=CC(=C)C(C)N(C)C(=C)C(=O)CC(CC)(CC)C(=O)OC. The highest BCUT2D eigenvalue weighted by molar-refractivity contribution is 5.97. The van der Waals surface area contributed by atoms with Gasteiger partial charge in [-0.3, -0.25) is 9.59 Å². The summed E-state index contributed by atoms with van der Waals surface area (Å²) >= 11 is 0. The highest BCUT2D eigenvalue weighted by Crippen LogP contribution is 2.33. The Bertz CT molecular complexity index is 461. The van der Waals surface area contributed by atoms with Crippen molar-refractivity contribution in [3.05, 3.63) is 37.1 Å². The summed E-state index contributed by atoms with van der Waals surface area (Å²) in [6.07, 6.45) is 2.86. The van der Waals surface area contributed by atoms with Crippen molar-refractivity contribution in [3.8, 4) is 0 Å². The molecule has 4 heteroatoms. The summed E-state index contributed by atoms with van der Waals surface area (Å²) in [5.41, 5.74) is 0.390. The van der Waals surface area contributed by atoms with Crippen LogP contribution in [0.25, 0.3) is 0 Å². The van der Waals surface area contributed by atoms with Crippen LogP contribution < -0.4 is 0 Å². The van der Waals surface area contributed by atoms with E-state index in [-0.39, 0.29) is 24.2 Å². The van der Waals surface area contributed by atoms with Gasteiger partial charge < -0.3 is 9.64 Å². The van der Waals surface area contributed by atoms with Crippen molar-refractivity contribution in [1.82, 2.24) is 4.90 Å². The molecule has 0 aliphatic heterocycles. The number of carbonyl (C=O) groups excluding carboxylic acids is 2. The molecule has 0 amide bonds. The molecule has 0 fully saturated rings. The van der Waals surface area contributed by atoms with Crippen LogP contribution in [0.5, 0.6) is 0 Å². The summed E-state index contributed by atoms with van der Waals surface area (Å²) in [4.78, 5) is 26.4. The number of nitrogens with zero attached hydrogens (tertiary/aromatic N) is 1. The molecule has 1 unspecified atom stereocenters. The van der Waals surface area contributed by atoms with E-state index >= 15 is 0 Å². The zero-order chi connectivity index (χ0) is 17.5. The van der Waals surface area contributed by atoms with Crippen LogP contribution in [0, 0.1) is 5.41 Å². The largest absolute Gasteiger partial charge is 0.469 e. The number of hydrogen-bond donors (Lipinski definition) is 0. The van der Waals surface area contributed by atoms with E-state index in [0.717, 1.165) is 5.57 Å². The van der Waals surface area contributed by atoms with Gasteiger partial charge in [-0.05, 0) is 25.3 Å². The zero-order valence-electron chi connectivity index (χ0n) is 14.6. The smallest absolute Gasteiger partial charge is 0.312 e. The first-order chi connectivity index (χ1) is 10.2. The van der Waals surface area contributed by atoms with Crippen molar-refractivity contribution < 1.29 is 14.3 Å². The van der Waals surface area contributed by atoms with E-state index in [0.29, 0.717) is 18.5 Å². The van der Waals surface area contributed by atoms with Crippen LogP contribution >= 0.6 is 0 Å². The Balaban J connectivity index is 5.17. The minimum Gasteiger partial charge on any atom is -0.469 e. The number of methoxy groups -OCH3 is 1. The third-order valence-corrected chi connectivity index (χ3v) is 4.60. The minimum atomic E-state index is -0.783. The van der Waals surface area contributed by atoms with E-state index < -0.39 is 5.41 Å². The molecule has 0 aromatic heterocycles. The molecule has 0 spiro atoms. The quantitative estimate of drug-likeness (QED) is 0.352. The van der Waals surface area contributed by atoms with Crippen molar-refractivity contribution in [2.45, 2.75) is 46.1 Å². The molecule has 22 heavy (non-hydrogen) atoms. The summed E-state index contributed by atoms with van der Waals surface area (Å²) < 4.78 is 4.88. The Morgan fingerprint density at radius 2 is 1.77 bits per heavy atom. The molecule has 0 saturated heterocycles. The lowest BCUT2D eigenvalue weighted by Crippen LogP contribution is -2.37. The number of esters is 1. The molecular formula is C18H29NO3. The van der Waals surface area contributed by atoms with Gasteiger partial charge in [0.2, 0.25) is 0 Å². The third kappa shape index (κ3) is 4.33. The van der Waals surface area contributed by atoms with E-state index in [1.54, 1.807) is 18.0 Å². The predicted octanol–water partition coefficient (Wildman–Crippen LogP) is 3.50. The van der Waals surface area contributed by atoms with Gasteiger partial charge in [-0.15, -0.1) is 0 Å². The van der Waals surface area contributed by atoms with Gasteiger partial charge in [-0.2, -0.15) is 0 Å². The fourth-order valence-corrected chi connectivity index (χ4v) is 2.34. The Hall–Kier alpha value is -1.84. The second-order valence-corrected chi connectivity index (χ2v) is 5.59. The average Bonchev–Trinajstić information content (AvgIpc) is 2.55. The molecule has 0 N–H and O–H groups in total. The first kappa shape index (κ1) is 20.2. The van der Waals surface area contributed by atoms with Gasteiger partial charge in [0.25, 0.3) is 0 Å². The monoisotopic (exact) mass is 307 g/mol. The first-order valence-electron chi connectivity index (χ1n) is 7.55. The average molecular weight is 307 g/mol. The van der Waals surface area contributed by atoms with Crippen LogP contribution in [0.2, 0.25) is 0 Å². The molecular weight excluding hydrogens is 278 g/mol. The Morgan fingerprint density at radius 1 is 1.27 bits per heavy atom. The number of allylic oxidation sites excluding steroid dienone is 1. The van der Waals surface area contributed by atoms with Crippen molar-refractivity contribution >= 4 is 11.8 Å². The molecule has 0 rings (SSSR count). The Labute approximate surface area is 134 Å². The zero-order valence-corrected chi connectivity index (χ0v) is 14.6. The number of ether oxygens (including phenoxy) is 1. The predicted molar refractivity (Wildman–Crippen MR) is 90.4 cm³/mol. The lowest BCUT2D eigenvalue weighted by atomic mass is 9.77. The molecule has 0 aromatic rings. The molecule has 0 aliphatic rings. The summed E-state index contributed by atoms with van der Waals surface area (Å²) in [5.74, 6) is -0.495. The normalized spacial score (nSPS) is 12.2.